The summed E-state index contributed by atoms with van der Waals surface area (Å²) in [6.45, 7) is 7.78. The monoisotopic (exact) mass is 560 g/mol. The van der Waals surface area contributed by atoms with Crippen LogP contribution in [0.4, 0.5) is 42.5 Å². The van der Waals surface area contributed by atoms with Gasteiger partial charge in [0.25, 0.3) is 0 Å². The van der Waals surface area contributed by atoms with Crippen LogP contribution in [0.1, 0.15) is 61.1 Å². The van der Waals surface area contributed by atoms with Gasteiger partial charge in [0.2, 0.25) is 0 Å². The molecule has 1 heterocycles. The zero-order chi connectivity index (χ0) is 29.3. The molecule has 0 radical (unpaired) electrons. The molecule has 1 aliphatic rings. The fraction of sp³-hybridized carbons (Fsp3) is 0.481. The number of halogens is 6. The van der Waals surface area contributed by atoms with Crippen molar-refractivity contribution in [2.24, 2.45) is 0 Å². The Bertz CT molecular complexity index is 1200. The van der Waals surface area contributed by atoms with Crippen LogP contribution < -0.4 is 9.80 Å². The second kappa shape index (κ2) is 11.4. The largest absolute Gasteiger partial charge is 0.463 e. The normalized spacial score (nSPS) is 16.5. The first kappa shape index (κ1) is 30.1. The molecule has 2 atom stereocenters. The van der Waals surface area contributed by atoms with E-state index in [0.717, 1.165) is 18.1 Å². The maximum atomic E-state index is 13.7. The van der Waals surface area contributed by atoms with Crippen molar-refractivity contribution >= 4 is 23.4 Å². The molecule has 1 aliphatic heterocycles. The maximum Gasteiger partial charge on any atom is 0.416 e. The maximum absolute atomic E-state index is 13.7. The zero-order valence-electron chi connectivity index (χ0n) is 22.2. The number of nitrogens with zero attached hydrogens (tertiary/aromatic N) is 2. The van der Waals surface area contributed by atoms with Gasteiger partial charge in [-0.05, 0) is 74.2 Å². The van der Waals surface area contributed by atoms with Crippen molar-refractivity contribution in [3.8, 4) is 0 Å². The average Bonchev–Trinajstić information content (AvgIpc) is 2.83. The first-order valence-corrected chi connectivity index (χ1v) is 12.3. The number of rotatable bonds is 6. The van der Waals surface area contributed by atoms with Crippen molar-refractivity contribution in [3.05, 3.63) is 58.1 Å². The second-order valence-electron chi connectivity index (χ2n) is 9.37. The number of benzene rings is 2. The SMILES string of the molecule is CCOC(=O)N1c2cc(C)c(C)cc2N(C(COC(C)=O)c2cc(C(F)(F)F)cc(C(F)(F)F)c2)CC1CC. The lowest BCUT2D eigenvalue weighted by Crippen LogP contribution is -2.53. The molecule has 1 amide bonds. The Balaban J connectivity index is 2.29. The van der Waals surface area contributed by atoms with Gasteiger partial charge in [0.1, 0.15) is 6.61 Å². The molecule has 0 fully saturated rings. The first-order valence-electron chi connectivity index (χ1n) is 12.3. The number of carbonyl (C=O) groups is 2. The number of ether oxygens (including phenoxy) is 2. The summed E-state index contributed by atoms with van der Waals surface area (Å²) in [6.07, 6.45) is -10.3. The lowest BCUT2D eigenvalue weighted by Gasteiger charge is -2.46. The molecule has 3 rings (SSSR count). The van der Waals surface area contributed by atoms with Crippen LogP contribution in [0.15, 0.2) is 30.3 Å². The highest BCUT2D eigenvalue weighted by molar-refractivity contribution is 5.95. The summed E-state index contributed by atoms with van der Waals surface area (Å²) in [4.78, 5) is 27.7. The molecule has 2 aromatic carbocycles. The molecule has 6 nitrogen and oxygen atoms in total. The van der Waals surface area contributed by atoms with Gasteiger partial charge in [-0.3, -0.25) is 9.69 Å². The van der Waals surface area contributed by atoms with E-state index in [1.807, 2.05) is 6.92 Å². The van der Waals surface area contributed by atoms with E-state index in [-0.39, 0.29) is 24.8 Å². The Hall–Kier alpha value is -3.44. The highest BCUT2D eigenvalue weighted by Crippen LogP contribution is 2.44. The van der Waals surface area contributed by atoms with E-state index in [1.54, 1.807) is 37.8 Å². The van der Waals surface area contributed by atoms with E-state index in [0.29, 0.717) is 29.9 Å². The highest BCUT2D eigenvalue weighted by atomic mass is 19.4. The second-order valence-corrected chi connectivity index (χ2v) is 9.37. The summed E-state index contributed by atoms with van der Waals surface area (Å²) in [5.41, 5.74) is -0.903. The summed E-state index contributed by atoms with van der Waals surface area (Å²) in [5.74, 6) is -0.750. The molecule has 0 aromatic heterocycles. The molecule has 2 aromatic rings. The van der Waals surface area contributed by atoms with Crippen LogP contribution in [0.25, 0.3) is 0 Å². The molecule has 0 saturated carbocycles. The van der Waals surface area contributed by atoms with Gasteiger partial charge in [0.15, 0.2) is 0 Å². The van der Waals surface area contributed by atoms with Gasteiger partial charge >= 0.3 is 24.4 Å². The molecule has 0 N–H and O–H groups in total. The van der Waals surface area contributed by atoms with Crippen LogP contribution in [0, 0.1) is 13.8 Å². The number of carbonyl (C=O) groups excluding carboxylic acids is 2. The van der Waals surface area contributed by atoms with Crippen LogP contribution in [0.2, 0.25) is 0 Å². The molecule has 12 heteroatoms. The molecule has 0 bridgehead atoms. The number of hydrogen-bond acceptors (Lipinski definition) is 5. The topological polar surface area (TPSA) is 59.1 Å². The minimum atomic E-state index is -5.05. The Kier molecular flexibility index (Phi) is 8.76. The highest BCUT2D eigenvalue weighted by Gasteiger charge is 2.41. The number of esters is 1. The fourth-order valence-electron chi connectivity index (χ4n) is 4.59. The van der Waals surface area contributed by atoms with Crippen LogP contribution in [-0.2, 0) is 26.6 Å². The van der Waals surface area contributed by atoms with Crippen LogP contribution in [0.5, 0.6) is 0 Å². The van der Waals surface area contributed by atoms with Crippen molar-refractivity contribution in [2.75, 3.05) is 29.6 Å². The molecule has 39 heavy (non-hydrogen) atoms. The van der Waals surface area contributed by atoms with Crippen molar-refractivity contribution in [1.82, 2.24) is 0 Å². The van der Waals surface area contributed by atoms with Crippen molar-refractivity contribution in [1.29, 1.82) is 0 Å². The zero-order valence-corrected chi connectivity index (χ0v) is 22.2. The smallest absolute Gasteiger partial charge is 0.416 e. The van der Waals surface area contributed by atoms with Crippen molar-refractivity contribution in [2.45, 2.75) is 65.5 Å². The van der Waals surface area contributed by atoms with Gasteiger partial charge in [-0.25, -0.2) is 4.79 Å². The Labute approximate surface area is 222 Å². The lowest BCUT2D eigenvalue weighted by molar-refractivity contribution is -0.144. The number of fused-ring (bicyclic) bond motifs is 1. The third-order valence-corrected chi connectivity index (χ3v) is 6.68. The first-order chi connectivity index (χ1) is 18.1. The predicted molar refractivity (Wildman–Crippen MR) is 133 cm³/mol. The van der Waals surface area contributed by atoms with Crippen LogP contribution >= 0.6 is 0 Å². The molecule has 214 valence electrons. The number of aryl methyl sites for hydroxylation is 2. The van der Waals surface area contributed by atoms with Crippen molar-refractivity contribution < 1.29 is 45.4 Å². The summed E-state index contributed by atoms with van der Waals surface area (Å²) in [5, 5.41) is 0. The predicted octanol–water partition coefficient (Wildman–Crippen LogP) is 7.21. The molecule has 0 spiro atoms. The minimum Gasteiger partial charge on any atom is -0.463 e. The summed E-state index contributed by atoms with van der Waals surface area (Å²) >= 11 is 0. The fourth-order valence-corrected chi connectivity index (χ4v) is 4.59. The standard InChI is InChI=1S/C27H30F6N2O4/c1-6-21-13-34(22-8-15(3)16(4)9-23(22)35(21)25(37)38-7-2)24(14-39-17(5)36)18-10-19(26(28,29)30)12-20(11-18)27(31,32)33/h8-12,21,24H,6-7,13-14H2,1-5H3. The quantitative estimate of drug-likeness (QED) is 0.276. The Morgan fingerprint density at radius 1 is 0.897 bits per heavy atom. The van der Waals surface area contributed by atoms with Gasteiger partial charge in [-0.2, -0.15) is 26.3 Å². The van der Waals surface area contributed by atoms with E-state index in [9.17, 15) is 35.9 Å². The van der Waals surface area contributed by atoms with E-state index in [2.05, 4.69) is 0 Å². The minimum absolute atomic E-state index is 0.0361. The Morgan fingerprint density at radius 3 is 1.90 bits per heavy atom. The van der Waals surface area contributed by atoms with Gasteiger partial charge in [0.05, 0.1) is 41.2 Å². The molecule has 2 unspecified atom stereocenters. The van der Waals surface area contributed by atoms with E-state index >= 15 is 0 Å². The average molecular weight is 561 g/mol. The van der Waals surface area contributed by atoms with Crippen LogP contribution in [-0.4, -0.2) is 37.9 Å². The number of anilines is 2. The van der Waals surface area contributed by atoms with E-state index < -0.39 is 54.2 Å². The van der Waals surface area contributed by atoms with Gasteiger partial charge in [0, 0.05) is 13.5 Å². The van der Waals surface area contributed by atoms with Gasteiger partial charge < -0.3 is 14.4 Å². The summed E-state index contributed by atoms with van der Waals surface area (Å²) in [7, 11) is 0. The molecule has 0 saturated heterocycles. The number of alkyl halides is 6. The number of hydrogen-bond donors (Lipinski definition) is 0. The van der Waals surface area contributed by atoms with Crippen LogP contribution in [0.3, 0.4) is 0 Å². The molecular weight excluding hydrogens is 530 g/mol. The lowest BCUT2D eigenvalue weighted by atomic mass is 9.94. The third kappa shape index (κ3) is 6.59. The van der Waals surface area contributed by atoms with E-state index in [4.69, 9.17) is 9.47 Å². The third-order valence-electron chi connectivity index (χ3n) is 6.68. The van der Waals surface area contributed by atoms with Crippen molar-refractivity contribution in [3.63, 3.8) is 0 Å². The summed E-state index contributed by atoms with van der Waals surface area (Å²) in [6, 6.07) is 3.02. The molecular formula is C27H30F6N2O4. The number of amides is 1. The Morgan fingerprint density at radius 2 is 1.44 bits per heavy atom. The molecule has 0 aliphatic carbocycles. The van der Waals surface area contributed by atoms with Gasteiger partial charge in [-0.15, -0.1) is 0 Å². The van der Waals surface area contributed by atoms with Gasteiger partial charge in [-0.1, -0.05) is 6.92 Å². The van der Waals surface area contributed by atoms with E-state index in [1.165, 1.54) is 4.90 Å². The summed E-state index contributed by atoms with van der Waals surface area (Å²) < 4.78 is 92.6.